The molecule has 84 valence electrons. The lowest BCUT2D eigenvalue weighted by Crippen LogP contribution is -2.16. The van der Waals surface area contributed by atoms with E-state index in [4.69, 9.17) is 16.3 Å². The number of hydrogen-bond acceptors (Lipinski definition) is 3. The molecular weight excluding hydrogens is 214 g/mol. The number of rotatable bonds is 6. The van der Waals surface area contributed by atoms with Crippen molar-refractivity contribution in [2.45, 2.75) is 13.0 Å². The van der Waals surface area contributed by atoms with E-state index in [1.165, 1.54) is 0 Å². The molecule has 0 aliphatic heterocycles. The fourth-order valence-corrected chi connectivity index (χ4v) is 1.45. The molecule has 0 unspecified atom stereocenters. The monoisotopic (exact) mass is 229 g/mol. The Morgan fingerprint density at radius 2 is 2.27 bits per heavy atom. The minimum atomic E-state index is 0.277. The Morgan fingerprint density at radius 1 is 1.47 bits per heavy atom. The quantitative estimate of drug-likeness (QED) is 0.735. The lowest BCUT2D eigenvalue weighted by molar-refractivity contribution is 0.194. The molecule has 3 nitrogen and oxygen atoms in total. The van der Waals surface area contributed by atoms with E-state index < -0.39 is 0 Å². The lowest BCUT2D eigenvalue weighted by atomic mass is 10.2. The molecule has 0 saturated carbocycles. The maximum atomic E-state index is 9.51. The van der Waals surface area contributed by atoms with Crippen molar-refractivity contribution in [2.24, 2.45) is 0 Å². The highest BCUT2D eigenvalue weighted by atomic mass is 35.5. The van der Waals surface area contributed by atoms with Crippen molar-refractivity contribution in [1.82, 2.24) is 5.32 Å². The molecule has 0 amide bonds. The number of ether oxygens (including phenoxy) is 1. The second kappa shape index (κ2) is 6.67. The minimum absolute atomic E-state index is 0.277. The van der Waals surface area contributed by atoms with E-state index in [9.17, 15) is 5.11 Å². The Morgan fingerprint density at radius 3 is 3.00 bits per heavy atom. The number of aromatic hydroxyl groups is 1. The fourth-order valence-electron chi connectivity index (χ4n) is 1.26. The minimum Gasteiger partial charge on any atom is -0.508 e. The number of nitrogens with one attached hydrogen (secondary N) is 1. The zero-order chi connectivity index (χ0) is 11.1. The molecule has 2 N–H and O–H groups in total. The molecule has 0 heterocycles. The number of benzene rings is 1. The summed E-state index contributed by atoms with van der Waals surface area (Å²) in [5.74, 6) is 0.277. The summed E-state index contributed by atoms with van der Waals surface area (Å²) in [6.45, 7) is 2.23. The van der Waals surface area contributed by atoms with Crippen LogP contribution in [0.3, 0.4) is 0 Å². The van der Waals surface area contributed by atoms with Gasteiger partial charge in [-0.3, -0.25) is 0 Å². The molecule has 0 aromatic heterocycles. The fraction of sp³-hybridized carbons (Fsp3) is 0.455. The summed E-state index contributed by atoms with van der Waals surface area (Å²) in [7, 11) is 1.68. The summed E-state index contributed by atoms with van der Waals surface area (Å²) < 4.78 is 4.93. The predicted octanol–water partition coefficient (Wildman–Crippen LogP) is 2.17. The van der Waals surface area contributed by atoms with Gasteiger partial charge in [0, 0.05) is 30.8 Å². The Hall–Kier alpha value is -0.770. The Kier molecular flexibility index (Phi) is 5.47. The molecule has 0 atom stereocenters. The van der Waals surface area contributed by atoms with Crippen molar-refractivity contribution in [3.05, 3.63) is 28.8 Å². The standard InChI is InChI=1S/C11H16ClNO2/c1-15-6-2-5-13-8-9-7-10(12)3-4-11(9)14/h3-4,7,13-14H,2,5-6,8H2,1H3. The number of hydrogen-bond donors (Lipinski definition) is 2. The molecule has 0 spiro atoms. The van der Waals surface area contributed by atoms with Gasteiger partial charge in [0.2, 0.25) is 0 Å². The Labute approximate surface area is 95.0 Å². The number of methoxy groups -OCH3 is 1. The highest BCUT2D eigenvalue weighted by Crippen LogP contribution is 2.20. The van der Waals surface area contributed by atoms with E-state index in [1.807, 2.05) is 0 Å². The van der Waals surface area contributed by atoms with E-state index in [1.54, 1.807) is 25.3 Å². The smallest absolute Gasteiger partial charge is 0.120 e. The zero-order valence-corrected chi connectivity index (χ0v) is 9.55. The van der Waals surface area contributed by atoms with Crippen LogP contribution in [0.5, 0.6) is 5.75 Å². The molecule has 4 heteroatoms. The van der Waals surface area contributed by atoms with Crippen LogP contribution in [0.25, 0.3) is 0 Å². The van der Waals surface area contributed by atoms with Crippen LogP contribution in [-0.2, 0) is 11.3 Å². The van der Waals surface area contributed by atoms with Crippen LogP contribution in [0.4, 0.5) is 0 Å². The van der Waals surface area contributed by atoms with Crippen LogP contribution in [0.15, 0.2) is 18.2 Å². The SMILES string of the molecule is COCCCNCc1cc(Cl)ccc1O. The third kappa shape index (κ3) is 4.51. The molecule has 1 aromatic rings. The van der Waals surface area contributed by atoms with Gasteiger partial charge in [0.25, 0.3) is 0 Å². The van der Waals surface area contributed by atoms with Gasteiger partial charge in [-0.1, -0.05) is 11.6 Å². The van der Waals surface area contributed by atoms with E-state index in [-0.39, 0.29) is 5.75 Å². The normalized spacial score (nSPS) is 10.5. The maximum absolute atomic E-state index is 9.51. The molecule has 0 aliphatic rings. The molecule has 0 saturated heterocycles. The molecule has 0 fully saturated rings. The van der Waals surface area contributed by atoms with Crippen LogP contribution in [0.1, 0.15) is 12.0 Å². The molecular formula is C11H16ClNO2. The van der Waals surface area contributed by atoms with Crippen LogP contribution in [0.2, 0.25) is 5.02 Å². The van der Waals surface area contributed by atoms with Gasteiger partial charge in [0.05, 0.1) is 0 Å². The highest BCUT2D eigenvalue weighted by molar-refractivity contribution is 6.30. The first-order chi connectivity index (χ1) is 7.24. The molecule has 1 aromatic carbocycles. The van der Waals surface area contributed by atoms with E-state index >= 15 is 0 Å². The third-order valence-electron chi connectivity index (χ3n) is 2.06. The van der Waals surface area contributed by atoms with Gasteiger partial charge in [-0.25, -0.2) is 0 Å². The average molecular weight is 230 g/mol. The van der Waals surface area contributed by atoms with E-state index in [2.05, 4.69) is 5.32 Å². The summed E-state index contributed by atoms with van der Waals surface area (Å²) in [6, 6.07) is 5.04. The molecule has 0 aliphatic carbocycles. The molecule has 0 radical (unpaired) electrons. The summed E-state index contributed by atoms with van der Waals surface area (Å²) in [4.78, 5) is 0. The van der Waals surface area contributed by atoms with E-state index in [0.29, 0.717) is 11.6 Å². The first-order valence-electron chi connectivity index (χ1n) is 4.91. The summed E-state index contributed by atoms with van der Waals surface area (Å²) in [6.07, 6.45) is 0.956. The van der Waals surface area contributed by atoms with Gasteiger partial charge in [-0.2, -0.15) is 0 Å². The maximum Gasteiger partial charge on any atom is 0.120 e. The number of phenols is 1. The van der Waals surface area contributed by atoms with Gasteiger partial charge in [0.1, 0.15) is 5.75 Å². The lowest BCUT2D eigenvalue weighted by Gasteiger charge is -2.06. The van der Waals surface area contributed by atoms with Gasteiger partial charge < -0.3 is 15.2 Å². The summed E-state index contributed by atoms with van der Waals surface area (Å²) in [5, 5.41) is 13.4. The van der Waals surface area contributed by atoms with Crippen molar-refractivity contribution in [2.75, 3.05) is 20.3 Å². The average Bonchev–Trinajstić information content (AvgIpc) is 2.23. The molecule has 1 rings (SSSR count). The topological polar surface area (TPSA) is 41.5 Å². The van der Waals surface area contributed by atoms with Crippen molar-refractivity contribution >= 4 is 11.6 Å². The van der Waals surface area contributed by atoms with Crippen LogP contribution in [0, 0.1) is 0 Å². The molecule has 0 bridgehead atoms. The van der Waals surface area contributed by atoms with Crippen molar-refractivity contribution in [3.8, 4) is 5.75 Å². The van der Waals surface area contributed by atoms with Crippen LogP contribution in [-0.4, -0.2) is 25.4 Å². The first kappa shape index (κ1) is 12.3. The molecule has 15 heavy (non-hydrogen) atoms. The largest absolute Gasteiger partial charge is 0.508 e. The van der Waals surface area contributed by atoms with E-state index in [0.717, 1.165) is 25.1 Å². The van der Waals surface area contributed by atoms with Crippen molar-refractivity contribution < 1.29 is 9.84 Å². The Balaban J connectivity index is 2.33. The third-order valence-corrected chi connectivity index (χ3v) is 2.29. The van der Waals surface area contributed by atoms with Gasteiger partial charge in [0.15, 0.2) is 0 Å². The Bertz CT molecular complexity index is 305. The van der Waals surface area contributed by atoms with Gasteiger partial charge in [-0.15, -0.1) is 0 Å². The zero-order valence-electron chi connectivity index (χ0n) is 8.79. The van der Waals surface area contributed by atoms with Crippen molar-refractivity contribution in [1.29, 1.82) is 0 Å². The number of phenolic OH excluding ortho intramolecular Hbond substituents is 1. The number of halogens is 1. The first-order valence-corrected chi connectivity index (χ1v) is 5.29. The predicted molar refractivity (Wildman–Crippen MR) is 61.3 cm³/mol. The summed E-state index contributed by atoms with van der Waals surface area (Å²) in [5.41, 5.74) is 0.819. The van der Waals surface area contributed by atoms with Crippen LogP contribution < -0.4 is 5.32 Å². The van der Waals surface area contributed by atoms with Gasteiger partial charge >= 0.3 is 0 Å². The summed E-state index contributed by atoms with van der Waals surface area (Å²) >= 11 is 5.82. The van der Waals surface area contributed by atoms with Gasteiger partial charge in [-0.05, 0) is 31.2 Å². The van der Waals surface area contributed by atoms with Crippen LogP contribution >= 0.6 is 11.6 Å². The van der Waals surface area contributed by atoms with Crippen molar-refractivity contribution in [3.63, 3.8) is 0 Å². The second-order valence-corrected chi connectivity index (χ2v) is 3.73. The highest BCUT2D eigenvalue weighted by Gasteiger charge is 2.00. The second-order valence-electron chi connectivity index (χ2n) is 3.30.